The number of hydrogen-bond acceptors (Lipinski definition) is 4. The predicted octanol–water partition coefficient (Wildman–Crippen LogP) is 2.24. The Kier molecular flexibility index (Phi) is 5.17. The highest BCUT2D eigenvalue weighted by atomic mass is 35.5. The van der Waals surface area contributed by atoms with Crippen molar-refractivity contribution in [2.45, 2.75) is 38.8 Å². The fourth-order valence-electron chi connectivity index (χ4n) is 2.69. The number of nitrogens with zero attached hydrogens (tertiary/aromatic N) is 1. The van der Waals surface area contributed by atoms with Gasteiger partial charge < -0.3 is 10.6 Å². The third kappa shape index (κ3) is 4.11. The minimum absolute atomic E-state index is 0.0245. The van der Waals surface area contributed by atoms with Crippen LogP contribution in [-0.2, 0) is 16.3 Å². The van der Waals surface area contributed by atoms with Crippen molar-refractivity contribution in [1.29, 1.82) is 0 Å². The number of benzene rings is 1. The number of hydrogen-bond donors (Lipinski definition) is 1. The van der Waals surface area contributed by atoms with E-state index in [4.69, 9.17) is 17.3 Å². The summed E-state index contributed by atoms with van der Waals surface area (Å²) >= 11 is 6.35. The molecule has 2 unspecified atom stereocenters. The van der Waals surface area contributed by atoms with Crippen molar-refractivity contribution in [3.8, 4) is 0 Å². The van der Waals surface area contributed by atoms with E-state index in [-0.39, 0.29) is 23.6 Å². The summed E-state index contributed by atoms with van der Waals surface area (Å²) in [6.45, 7) is 4.52. The molecule has 21 heavy (non-hydrogen) atoms. The normalized spacial score (nSPS) is 23.0. The quantitative estimate of drug-likeness (QED) is 0.919. The average Bonchev–Trinajstić information content (AvgIpc) is 2.40. The first-order valence-corrected chi connectivity index (χ1v) is 9.53. The Morgan fingerprint density at radius 2 is 2.19 bits per heavy atom. The maximum Gasteiger partial charge on any atom is 0.154 e. The van der Waals surface area contributed by atoms with E-state index < -0.39 is 9.84 Å². The molecule has 0 aliphatic carbocycles. The summed E-state index contributed by atoms with van der Waals surface area (Å²) in [5.74, 6) is 0.407. The first-order valence-electron chi connectivity index (χ1n) is 7.33. The largest absolute Gasteiger partial charge is 0.367 e. The van der Waals surface area contributed by atoms with Gasteiger partial charge in [0.1, 0.15) is 0 Å². The number of nitrogens with two attached hydrogens (primary N) is 1. The van der Waals surface area contributed by atoms with Gasteiger partial charge in [0.15, 0.2) is 9.84 Å². The monoisotopic (exact) mass is 330 g/mol. The van der Waals surface area contributed by atoms with Crippen LogP contribution in [0.2, 0.25) is 5.02 Å². The van der Waals surface area contributed by atoms with Gasteiger partial charge in [0.2, 0.25) is 0 Å². The van der Waals surface area contributed by atoms with Gasteiger partial charge in [0, 0.05) is 29.3 Å². The molecule has 0 spiro atoms. The molecule has 2 atom stereocenters. The molecule has 2 N–H and O–H groups in total. The second kappa shape index (κ2) is 6.55. The minimum atomic E-state index is -2.90. The second-order valence-electron chi connectivity index (χ2n) is 5.80. The van der Waals surface area contributed by atoms with Gasteiger partial charge in [0.05, 0.1) is 11.5 Å². The molecule has 6 heteroatoms. The Hall–Kier alpha value is -0.780. The van der Waals surface area contributed by atoms with Gasteiger partial charge in [-0.15, -0.1) is 0 Å². The van der Waals surface area contributed by atoms with Crippen molar-refractivity contribution in [3.63, 3.8) is 0 Å². The number of rotatable bonds is 4. The Labute approximate surface area is 132 Å². The highest BCUT2D eigenvalue weighted by molar-refractivity contribution is 7.91. The smallest absolute Gasteiger partial charge is 0.154 e. The van der Waals surface area contributed by atoms with Crippen molar-refractivity contribution < 1.29 is 8.42 Å². The first-order chi connectivity index (χ1) is 9.82. The summed E-state index contributed by atoms with van der Waals surface area (Å²) in [5, 5.41) is 0.706. The fourth-order valence-corrected chi connectivity index (χ4v) is 4.50. The second-order valence-corrected chi connectivity index (χ2v) is 8.44. The van der Waals surface area contributed by atoms with Crippen LogP contribution in [0, 0.1) is 0 Å². The lowest BCUT2D eigenvalue weighted by Gasteiger charge is -2.35. The summed E-state index contributed by atoms with van der Waals surface area (Å²) in [5.41, 5.74) is 8.00. The average molecular weight is 331 g/mol. The van der Waals surface area contributed by atoms with Crippen LogP contribution in [0.3, 0.4) is 0 Å². The van der Waals surface area contributed by atoms with Crippen LogP contribution in [0.4, 0.5) is 5.69 Å². The van der Waals surface area contributed by atoms with E-state index in [2.05, 4.69) is 11.8 Å². The molecule has 0 radical (unpaired) electrons. The lowest BCUT2D eigenvalue weighted by Crippen LogP contribution is -2.47. The zero-order valence-corrected chi connectivity index (χ0v) is 14.1. The van der Waals surface area contributed by atoms with Crippen LogP contribution in [0.5, 0.6) is 0 Å². The molecule has 118 valence electrons. The summed E-state index contributed by atoms with van der Waals surface area (Å²) in [7, 11) is -2.90. The van der Waals surface area contributed by atoms with Crippen LogP contribution >= 0.6 is 11.6 Å². The SMILES string of the molecule is CCC(N)Cc1ccc(N2CCS(=O)(=O)CC2C)cc1Cl. The van der Waals surface area contributed by atoms with Gasteiger partial charge in [-0.25, -0.2) is 8.42 Å². The van der Waals surface area contributed by atoms with E-state index in [9.17, 15) is 8.42 Å². The number of sulfone groups is 1. The van der Waals surface area contributed by atoms with Gasteiger partial charge in [0.25, 0.3) is 0 Å². The van der Waals surface area contributed by atoms with Crippen molar-refractivity contribution in [2.75, 3.05) is 23.0 Å². The molecule has 1 aliphatic rings. The van der Waals surface area contributed by atoms with Gasteiger partial charge in [-0.1, -0.05) is 24.6 Å². The predicted molar refractivity (Wildman–Crippen MR) is 88.9 cm³/mol. The molecule has 0 aromatic heterocycles. The topological polar surface area (TPSA) is 63.4 Å². The van der Waals surface area contributed by atoms with E-state index in [0.29, 0.717) is 11.6 Å². The minimum Gasteiger partial charge on any atom is -0.367 e. The van der Waals surface area contributed by atoms with Gasteiger partial charge in [-0.3, -0.25) is 0 Å². The standard InChI is InChI=1S/C15H23ClN2O2S/c1-3-13(17)8-12-4-5-14(9-15(12)16)18-6-7-21(19,20)10-11(18)2/h4-5,9,11,13H,3,6-8,10,17H2,1-2H3. The zero-order chi connectivity index (χ0) is 15.6. The highest BCUT2D eigenvalue weighted by Gasteiger charge is 2.28. The zero-order valence-electron chi connectivity index (χ0n) is 12.5. The summed E-state index contributed by atoms with van der Waals surface area (Å²) in [6.07, 6.45) is 1.68. The molecule has 0 saturated carbocycles. The van der Waals surface area contributed by atoms with Gasteiger partial charge in [-0.2, -0.15) is 0 Å². The first kappa shape index (κ1) is 16.6. The lowest BCUT2D eigenvalue weighted by atomic mass is 10.0. The number of anilines is 1. The maximum atomic E-state index is 11.6. The van der Waals surface area contributed by atoms with Crippen LogP contribution in [-0.4, -0.2) is 38.6 Å². The molecular weight excluding hydrogens is 308 g/mol. The summed E-state index contributed by atoms with van der Waals surface area (Å²) in [6, 6.07) is 6.03. The Bertz CT molecular complexity index is 604. The fraction of sp³-hybridized carbons (Fsp3) is 0.600. The maximum absolute atomic E-state index is 11.6. The summed E-state index contributed by atoms with van der Waals surface area (Å²) in [4.78, 5) is 2.11. The molecule has 0 bridgehead atoms. The van der Waals surface area contributed by atoms with Gasteiger partial charge >= 0.3 is 0 Å². The lowest BCUT2D eigenvalue weighted by molar-refractivity contribution is 0.568. The Morgan fingerprint density at radius 1 is 1.48 bits per heavy atom. The third-order valence-electron chi connectivity index (χ3n) is 4.05. The van der Waals surface area contributed by atoms with Crippen molar-refractivity contribution in [1.82, 2.24) is 0 Å². The molecular formula is C15H23ClN2O2S. The molecule has 2 rings (SSSR count). The molecule has 1 aromatic rings. The molecule has 1 fully saturated rings. The molecule has 1 heterocycles. The van der Waals surface area contributed by atoms with Crippen LogP contribution < -0.4 is 10.6 Å². The van der Waals surface area contributed by atoms with E-state index in [1.807, 2.05) is 25.1 Å². The van der Waals surface area contributed by atoms with Gasteiger partial charge in [-0.05, 0) is 37.5 Å². The van der Waals surface area contributed by atoms with Crippen LogP contribution in [0.15, 0.2) is 18.2 Å². The third-order valence-corrected chi connectivity index (χ3v) is 6.19. The van der Waals surface area contributed by atoms with E-state index >= 15 is 0 Å². The Morgan fingerprint density at radius 3 is 2.76 bits per heavy atom. The van der Waals surface area contributed by atoms with Crippen LogP contribution in [0.25, 0.3) is 0 Å². The van der Waals surface area contributed by atoms with Crippen molar-refractivity contribution in [2.24, 2.45) is 5.73 Å². The number of halogens is 1. The van der Waals surface area contributed by atoms with Crippen LogP contribution in [0.1, 0.15) is 25.8 Å². The molecule has 1 saturated heterocycles. The molecule has 1 aromatic carbocycles. The van der Waals surface area contributed by atoms with Crippen molar-refractivity contribution in [3.05, 3.63) is 28.8 Å². The highest BCUT2D eigenvalue weighted by Crippen LogP contribution is 2.27. The molecule has 1 aliphatic heterocycles. The Balaban J connectivity index is 2.17. The van der Waals surface area contributed by atoms with E-state index in [1.165, 1.54) is 0 Å². The van der Waals surface area contributed by atoms with Crippen molar-refractivity contribution >= 4 is 27.1 Å². The molecule has 4 nitrogen and oxygen atoms in total. The summed E-state index contributed by atoms with van der Waals surface area (Å²) < 4.78 is 23.3. The van der Waals surface area contributed by atoms with E-state index in [1.54, 1.807) is 0 Å². The molecule has 0 amide bonds. The van der Waals surface area contributed by atoms with E-state index in [0.717, 1.165) is 24.1 Å².